The summed E-state index contributed by atoms with van der Waals surface area (Å²) in [6, 6.07) is 11.0. The Kier molecular flexibility index (Phi) is 5.14. The third kappa shape index (κ3) is 3.76. The molecule has 0 aliphatic rings. The fraction of sp³-hybridized carbons (Fsp3) is 0.188. The van der Waals surface area contributed by atoms with Crippen molar-refractivity contribution >= 4 is 11.6 Å². The monoisotopic (exact) mass is 316 g/mol. The summed E-state index contributed by atoms with van der Waals surface area (Å²) in [6.45, 7) is 0.179. The highest BCUT2D eigenvalue weighted by Crippen LogP contribution is 2.24. The normalized spacial score (nSPS) is 10.0. The summed E-state index contributed by atoms with van der Waals surface area (Å²) in [7, 11) is 3.06. The average molecular weight is 316 g/mol. The number of hydrogen-bond acceptors (Lipinski definition) is 5. The van der Waals surface area contributed by atoms with Gasteiger partial charge < -0.3 is 14.8 Å². The number of hydrogen-bond donors (Lipinski definition) is 1. The summed E-state index contributed by atoms with van der Waals surface area (Å²) in [5.74, 6) is 0.679. The van der Waals surface area contributed by atoms with Crippen LogP contribution >= 0.6 is 0 Å². The first-order valence-corrected chi connectivity index (χ1v) is 6.79. The summed E-state index contributed by atoms with van der Waals surface area (Å²) in [6.07, 6.45) is 0. The molecular formula is C16H16N2O5. The Hall–Kier alpha value is -3.09. The van der Waals surface area contributed by atoms with Gasteiger partial charge >= 0.3 is 0 Å². The number of rotatable bonds is 6. The van der Waals surface area contributed by atoms with Crippen molar-refractivity contribution in [2.24, 2.45) is 0 Å². The minimum Gasteiger partial charge on any atom is -0.497 e. The molecule has 0 aliphatic heterocycles. The minimum absolute atomic E-state index is 0.0185. The molecule has 0 bridgehead atoms. The molecule has 0 radical (unpaired) electrons. The molecule has 0 heterocycles. The van der Waals surface area contributed by atoms with Gasteiger partial charge in [-0.05, 0) is 18.2 Å². The highest BCUT2D eigenvalue weighted by atomic mass is 16.6. The van der Waals surface area contributed by atoms with E-state index >= 15 is 0 Å². The average Bonchev–Trinajstić information content (AvgIpc) is 2.59. The smallest absolute Gasteiger partial charge is 0.282 e. The number of nitrogens with one attached hydrogen (secondary N) is 1. The molecule has 120 valence electrons. The highest BCUT2D eigenvalue weighted by molar-refractivity contribution is 5.98. The Labute approximate surface area is 133 Å². The summed E-state index contributed by atoms with van der Waals surface area (Å²) < 4.78 is 10.4. The molecule has 0 aromatic heterocycles. The lowest BCUT2D eigenvalue weighted by molar-refractivity contribution is -0.385. The van der Waals surface area contributed by atoms with E-state index in [9.17, 15) is 14.9 Å². The van der Waals surface area contributed by atoms with Gasteiger partial charge in [-0.15, -0.1) is 0 Å². The Bertz CT molecular complexity index is 730. The number of carbonyl (C=O) groups is 1. The molecule has 1 N–H and O–H groups in total. The third-order valence-electron chi connectivity index (χ3n) is 3.28. The van der Waals surface area contributed by atoms with Crippen LogP contribution in [0.15, 0.2) is 42.5 Å². The van der Waals surface area contributed by atoms with Crippen LogP contribution in [0.3, 0.4) is 0 Å². The molecule has 7 nitrogen and oxygen atoms in total. The fourth-order valence-corrected chi connectivity index (χ4v) is 2.09. The van der Waals surface area contributed by atoms with Crippen molar-refractivity contribution in [3.05, 3.63) is 63.7 Å². The number of nitro groups is 1. The molecule has 2 aromatic rings. The van der Waals surface area contributed by atoms with E-state index in [1.54, 1.807) is 31.4 Å². The van der Waals surface area contributed by atoms with Crippen LogP contribution in [0.1, 0.15) is 15.9 Å². The van der Waals surface area contributed by atoms with Gasteiger partial charge in [0.2, 0.25) is 0 Å². The van der Waals surface area contributed by atoms with Crippen LogP contribution in [-0.2, 0) is 6.54 Å². The number of nitro benzene ring substituents is 1. The predicted octanol–water partition coefficient (Wildman–Crippen LogP) is 2.54. The Morgan fingerprint density at radius 2 is 1.91 bits per heavy atom. The maximum absolute atomic E-state index is 12.2. The Morgan fingerprint density at radius 3 is 2.57 bits per heavy atom. The van der Waals surface area contributed by atoms with Gasteiger partial charge in [0, 0.05) is 24.2 Å². The van der Waals surface area contributed by atoms with Crippen LogP contribution in [0, 0.1) is 10.1 Å². The number of para-hydroxylation sites is 1. The molecule has 0 fully saturated rings. The quantitative estimate of drug-likeness (QED) is 0.653. The van der Waals surface area contributed by atoms with Gasteiger partial charge in [-0.1, -0.05) is 12.1 Å². The Morgan fingerprint density at radius 1 is 1.17 bits per heavy atom. The first-order chi connectivity index (χ1) is 11.1. The van der Waals surface area contributed by atoms with Gasteiger partial charge in [0.1, 0.15) is 17.1 Å². The zero-order valence-corrected chi connectivity index (χ0v) is 12.7. The van der Waals surface area contributed by atoms with Gasteiger partial charge in [-0.2, -0.15) is 0 Å². The molecule has 0 saturated carbocycles. The second-order valence-corrected chi connectivity index (χ2v) is 4.63. The fourth-order valence-electron chi connectivity index (χ4n) is 2.09. The number of benzene rings is 2. The molecule has 0 unspecified atom stereocenters. The number of nitrogens with zero attached hydrogens (tertiary/aromatic N) is 1. The van der Waals surface area contributed by atoms with Crippen molar-refractivity contribution in [2.45, 2.75) is 6.54 Å². The molecule has 1 amide bonds. The standard InChI is InChI=1S/C16H16N2O5/c1-22-12-8-7-11(15(9-12)23-2)10-17-16(19)13-5-3-4-6-14(13)18(20)21/h3-9H,10H2,1-2H3,(H,17,19). The van der Waals surface area contributed by atoms with Crippen LogP contribution < -0.4 is 14.8 Å². The van der Waals surface area contributed by atoms with Gasteiger partial charge in [0.15, 0.2) is 0 Å². The summed E-state index contributed by atoms with van der Waals surface area (Å²) in [5.41, 5.74) is 0.525. The molecule has 0 spiro atoms. The van der Waals surface area contributed by atoms with Gasteiger partial charge in [-0.3, -0.25) is 14.9 Å². The van der Waals surface area contributed by atoms with Gasteiger partial charge in [0.05, 0.1) is 19.1 Å². The second-order valence-electron chi connectivity index (χ2n) is 4.63. The molecule has 2 aromatic carbocycles. The molecule has 2 rings (SSSR count). The summed E-state index contributed by atoms with van der Waals surface area (Å²) in [4.78, 5) is 22.6. The van der Waals surface area contributed by atoms with Crippen molar-refractivity contribution in [1.29, 1.82) is 0 Å². The molecular weight excluding hydrogens is 300 g/mol. The second kappa shape index (κ2) is 7.26. The largest absolute Gasteiger partial charge is 0.497 e. The highest BCUT2D eigenvalue weighted by Gasteiger charge is 2.19. The lowest BCUT2D eigenvalue weighted by Gasteiger charge is -2.11. The Balaban J connectivity index is 2.15. The molecule has 0 saturated heterocycles. The molecule has 23 heavy (non-hydrogen) atoms. The number of amides is 1. The van der Waals surface area contributed by atoms with Crippen molar-refractivity contribution in [3.8, 4) is 11.5 Å². The summed E-state index contributed by atoms with van der Waals surface area (Å²) >= 11 is 0. The first kappa shape index (κ1) is 16.3. The van der Waals surface area contributed by atoms with Crippen molar-refractivity contribution in [2.75, 3.05) is 14.2 Å². The van der Waals surface area contributed by atoms with E-state index in [1.165, 1.54) is 25.3 Å². The van der Waals surface area contributed by atoms with Crippen molar-refractivity contribution in [1.82, 2.24) is 5.32 Å². The van der Waals surface area contributed by atoms with Crippen LogP contribution in [0.25, 0.3) is 0 Å². The van der Waals surface area contributed by atoms with E-state index in [4.69, 9.17) is 9.47 Å². The van der Waals surface area contributed by atoms with Crippen LogP contribution in [-0.4, -0.2) is 25.1 Å². The minimum atomic E-state index is -0.580. The number of carbonyl (C=O) groups excluding carboxylic acids is 1. The SMILES string of the molecule is COc1ccc(CNC(=O)c2ccccc2[N+](=O)[O-])c(OC)c1. The van der Waals surface area contributed by atoms with Crippen LogP contribution in [0.4, 0.5) is 5.69 Å². The maximum atomic E-state index is 12.2. The zero-order chi connectivity index (χ0) is 16.8. The van der Waals surface area contributed by atoms with E-state index in [2.05, 4.69) is 5.32 Å². The predicted molar refractivity (Wildman–Crippen MR) is 83.8 cm³/mol. The van der Waals surface area contributed by atoms with Crippen molar-refractivity contribution in [3.63, 3.8) is 0 Å². The summed E-state index contributed by atoms with van der Waals surface area (Å²) in [5, 5.41) is 13.6. The van der Waals surface area contributed by atoms with E-state index < -0.39 is 10.8 Å². The zero-order valence-electron chi connectivity index (χ0n) is 12.7. The van der Waals surface area contributed by atoms with Crippen molar-refractivity contribution < 1.29 is 19.2 Å². The van der Waals surface area contributed by atoms with E-state index in [1.807, 2.05) is 0 Å². The van der Waals surface area contributed by atoms with E-state index in [0.29, 0.717) is 11.5 Å². The van der Waals surface area contributed by atoms with Crippen LogP contribution in [0.2, 0.25) is 0 Å². The lowest BCUT2D eigenvalue weighted by Crippen LogP contribution is -2.23. The maximum Gasteiger partial charge on any atom is 0.282 e. The first-order valence-electron chi connectivity index (χ1n) is 6.79. The molecule has 7 heteroatoms. The lowest BCUT2D eigenvalue weighted by atomic mass is 10.1. The van der Waals surface area contributed by atoms with Gasteiger partial charge in [0.25, 0.3) is 11.6 Å². The van der Waals surface area contributed by atoms with Gasteiger partial charge in [-0.25, -0.2) is 0 Å². The third-order valence-corrected chi connectivity index (χ3v) is 3.28. The van der Waals surface area contributed by atoms with E-state index in [0.717, 1.165) is 5.56 Å². The molecule has 0 atom stereocenters. The molecule has 0 aliphatic carbocycles. The number of ether oxygens (including phenoxy) is 2. The van der Waals surface area contributed by atoms with Crippen LogP contribution in [0.5, 0.6) is 11.5 Å². The number of methoxy groups -OCH3 is 2. The topological polar surface area (TPSA) is 90.7 Å². The van der Waals surface area contributed by atoms with E-state index in [-0.39, 0.29) is 17.8 Å².